The second kappa shape index (κ2) is 8.16. The van der Waals surface area contributed by atoms with Crippen LogP contribution in [0, 0.1) is 10.1 Å². The standard InChI is InChI=1S/C16H12Br2N2O4/c17-13(10-6-8-12(9-7-10)20(23)24)14(18)16(22)19-15(21)11-4-2-1-3-5-11/h1-9,13-14H,(H,19,21,22). The Bertz CT molecular complexity index is 750. The van der Waals surface area contributed by atoms with Gasteiger partial charge in [-0.05, 0) is 17.7 Å². The molecule has 0 aliphatic heterocycles. The molecule has 8 heteroatoms. The third-order valence-corrected chi connectivity index (χ3v) is 5.91. The van der Waals surface area contributed by atoms with Gasteiger partial charge in [-0.1, -0.05) is 62.2 Å². The molecule has 0 radical (unpaired) electrons. The number of halogens is 2. The normalized spacial score (nSPS) is 12.9. The molecule has 0 bridgehead atoms. The summed E-state index contributed by atoms with van der Waals surface area (Å²) in [4.78, 5) is 33.2. The maximum absolute atomic E-state index is 12.2. The van der Waals surface area contributed by atoms with Gasteiger partial charge in [0.25, 0.3) is 11.6 Å². The number of imide groups is 1. The van der Waals surface area contributed by atoms with E-state index < -0.39 is 26.4 Å². The minimum atomic E-state index is -0.730. The fraction of sp³-hybridized carbons (Fsp3) is 0.125. The molecule has 2 atom stereocenters. The summed E-state index contributed by atoms with van der Waals surface area (Å²) in [5.41, 5.74) is 1.02. The zero-order valence-electron chi connectivity index (χ0n) is 12.2. The van der Waals surface area contributed by atoms with Gasteiger partial charge in [0.05, 0.1) is 9.75 Å². The molecule has 0 saturated heterocycles. The van der Waals surface area contributed by atoms with Crippen LogP contribution in [0.15, 0.2) is 54.6 Å². The topological polar surface area (TPSA) is 89.3 Å². The maximum atomic E-state index is 12.2. The van der Waals surface area contributed by atoms with Gasteiger partial charge >= 0.3 is 0 Å². The Kier molecular flexibility index (Phi) is 6.22. The predicted molar refractivity (Wildman–Crippen MR) is 96.4 cm³/mol. The summed E-state index contributed by atoms with van der Waals surface area (Å²) >= 11 is 6.62. The molecule has 2 rings (SSSR count). The van der Waals surface area contributed by atoms with Crippen molar-refractivity contribution in [3.05, 3.63) is 75.8 Å². The van der Waals surface area contributed by atoms with Gasteiger partial charge in [-0.25, -0.2) is 0 Å². The largest absolute Gasteiger partial charge is 0.291 e. The SMILES string of the molecule is O=C(NC(=O)C(Br)C(Br)c1ccc([N+](=O)[O-])cc1)c1ccccc1. The minimum Gasteiger partial charge on any atom is -0.291 e. The van der Waals surface area contributed by atoms with Crippen molar-refractivity contribution in [2.24, 2.45) is 0 Å². The smallest absolute Gasteiger partial charge is 0.269 e. The quantitative estimate of drug-likeness (QED) is 0.422. The van der Waals surface area contributed by atoms with E-state index in [0.717, 1.165) is 0 Å². The van der Waals surface area contributed by atoms with Crippen LogP contribution >= 0.6 is 31.9 Å². The molecule has 0 spiro atoms. The number of rotatable bonds is 5. The number of hydrogen-bond donors (Lipinski definition) is 1. The molecule has 2 aromatic rings. The lowest BCUT2D eigenvalue weighted by Crippen LogP contribution is -2.37. The van der Waals surface area contributed by atoms with Crippen LogP contribution in [-0.2, 0) is 4.79 Å². The van der Waals surface area contributed by atoms with Crippen molar-refractivity contribution in [1.29, 1.82) is 0 Å². The van der Waals surface area contributed by atoms with Crippen LogP contribution < -0.4 is 5.32 Å². The Balaban J connectivity index is 2.04. The maximum Gasteiger partial charge on any atom is 0.269 e. The Labute approximate surface area is 154 Å². The first-order chi connectivity index (χ1) is 11.4. The summed E-state index contributed by atoms with van der Waals surface area (Å²) in [6, 6.07) is 14.2. The van der Waals surface area contributed by atoms with E-state index >= 15 is 0 Å². The third kappa shape index (κ3) is 4.48. The molecule has 0 saturated carbocycles. The summed E-state index contributed by atoms with van der Waals surface area (Å²) in [5.74, 6) is -1.00. The van der Waals surface area contributed by atoms with E-state index in [1.54, 1.807) is 42.5 Å². The number of nitrogens with zero attached hydrogens (tertiary/aromatic N) is 1. The van der Waals surface area contributed by atoms with Gasteiger partial charge < -0.3 is 0 Å². The highest BCUT2D eigenvalue weighted by Crippen LogP contribution is 2.32. The number of carbonyl (C=O) groups excluding carboxylic acids is 2. The minimum absolute atomic E-state index is 0.0340. The first kappa shape index (κ1) is 18.3. The molecule has 24 heavy (non-hydrogen) atoms. The number of carbonyl (C=O) groups is 2. The summed E-state index contributed by atoms with van der Waals surface area (Å²) in [6.07, 6.45) is 0. The van der Waals surface area contributed by atoms with Crippen LogP contribution in [-0.4, -0.2) is 21.6 Å². The van der Waals surface area contributed by atoms with Gasteiger partial charge in [0.15, 0.2) is 0 Å². The first-order valence-corrected chi connectivity index (χ1v) is 8.66. The van der Waals surface area contributed by atoms with Crippen molar-refractivity contribution in [2.75, 3.05) is 0 Å². The van der Waals surface area contributed by atoms with E-state index in [4.69, 9.17) is 0 Å². The van der Waals surface area contributed by atoms with Crippen molar-refractivity contribution in [2.45, 2.75) is 9.65 Å². The molecule has 0 aliphatic carbocycles. The Morgan fingerprint density at radius 3 is 2.12 bits per heavy atom. The Hall–Kier alpha value is -2.06. The highest BCUT2D eigenvalue weighted by Gasteiger charge is 2.27. The summed E-state index contributed by atoms with van der Waals surface area (Å²) in [7, 11) is 0. The number of nitrogens with one attached hydrogen (secondary N) is 1. The van der Waals surface area contributed by atoms with Crippen LogP contribution in [0.2, 0.25) is 0 Å². The number of nitro groups is 1. The van der Waals surface area contributed by atoms with Crippen LogP contribution in [0.25, 0.3) is 0 Å². The number of non-ortho nitro benzene ring substituents is 1. The first-order valence-electron chi connectivity index (χ1n) is 6.83. The highest BCUT2D eigenvalue weighted by atomic mass is 79.9. The number of amides is 2. The van der Waals surface area contributed by atoms with E-state index in [0.29, 0.717) is 11.1 Å². The van der Waals surface area contributed by atoms with Gasteiger partial charge in [-0.3, -0.25) is 25.0 Å². The Morgan fingerprint density at radius 1 is 1.00 bits per heavy atom. The molecule has 0 aromatic heterocycles. The van der Waals surface area contributed by atoms with Crippen molar-refractivity contribution in [1.82, 2.24) is 5.32 Å². The van der Waals surface area contributed by atoms with E-state index in [9.17, 15) is 19.7 Å². The lowest BCUT2D eigenvalue weighted by molar-refractivity contribution is -0.384. The number of nitro benzene ring substituents is 1. The fourth-order valence-electron chi connectivity index (χ4n) is 1.92. The fourth-order valence-corrected chi connectivity index (χ4v) is 2.89. The average Bonchev–Trinajstić information content (AvgIpc) is 2.61. The van der Waals surface area contributed by atoms with Crippen molar-refractivity contribution in [3.63, 3.8) is 0 Å². The summed E-state index contributed by atoms with van der Waals surface area (Å²) in [6.45, 7) is 0. The lowest BCUT2D eigenvalue weighted by Gasteiger charge is -2.16. The molecular weight excluding hydrogens is 444 g/mol. The monoisotopic (exact) mass is 454 g/mol. The van der Waals surface area contributed by atoms with Gasteiger partial charge in [-0.2, -0.15) is 0 Å². The second-order valence-electron chi connectivity index (χ2n) is 4.84. The number of alkyl halides is 2. The predicted octanol–water partition coefficient (Wildman–Crippen LogP) is 3.75. The van der Waals surface area contributed by atoms with Gasteiger partial charge in [0.1, 0.15) is 4.83 Å². The van der Waals surface area contributed by atoms with E-state index in [1.165, 1.54) is 12.1 Å². The lowest BCUT2D eigenvalue weighted by atomic mass is 10.1. The van der Waals surface area contributed by atoms with Gasteiger partial charge in [0, 0.05) is 17.7 Å². The molecule has 1 N–H and O–H groups in total. The van der Waals surface area contributed by atoms with E-state index in [2.05, 4.69) is 37.2 Å². The zero-order valence-corrected chi connectivity index (χ0v) is 15.4. The molecule has 0 aliphatic rings. The number of benzene rings is 2. The molecule has 2 amide bonds. The number of hydrogen-bond acceptors (Lipinski definition) is 4. The zero-order chi connectivity index (χ0) is 17.7. The highest BCUT2D eigenvalue weighted by molar-refractivity contribution is 9.12. The second-order valence-corrected chi connectivity index (χ2v) is 6.81. The third-order valence-electron chi connectivity index (χ3n) is 3.20. The van der Waals surface area contributed by atoms with Crippen LogP contribution in [0.1, 0.15) is 20.7 Å². The van der Waals surface area contributed by atoms with Gasteiger partial charge in [0.2, 0.25) is 5.91 Å². The van der Waals surface area contributed by atoms with Crippen molar-refractivity contribution in [3.8, 4) is 0 Å². The summed E-state index contributed by atoms with van der Waals surface area (Å²) < 4.78 is 0. The molecular formula is C16H12Br2N2O4. The molecule has 0 fully saturated rings. The van der Waals surface area contributed by atoms with Crippen molar-refractivity contribution < 1.29 is 14.5 Å². The molecule has 2 unspecified atom stereocenters. The van der Waals surface area contributed by atoms with E-state index in [-0.39, 0.29) is 5.69 Å². The van der Waals surface area contributed by atoms with Crippen LogP contribution in [0.4, 0.5) is 5.69 Å². The molecule has 124 valence electrons. The molecule has 6 nitrogen and oxygen atoms in total. The molecule has 2 aromatic carbocycles. The van der Waals surface area contributed by atoms with Gasteiger partial charge in [-0.15, -0.1) is 0 Å². The summed E-state index contributed by atoms with van der Waals surface area (Å²) in [5, 5.41) is 13.0. The average molecular weight is 456 g/mol. The molecule has 0 heterocycles. The van der Waals surface area contributed by atoms with Crippen molar-refractivity contribution >= 4 is 49.4 Å². The van der Waals surface area contributed by atoms with Crippen LogP contribution in [0.3, 0.4) is 0 Å². The van der Waals surface area contributed by atoms with Crippen LogP contribution in [0.5, 0.6) is 0 Å². The van der Waals surface area contributed by atoms with E-state index in [1.807, 2.05) is 0 Å². The Morgan fingerprint density at radius 2 is 1.58 bits per heavy atom.